The van der Waals surface area contributed by atoms with Crippen LogP contribution in [0.1, 0.15) is 104 Å². The number of benzene rings is 2. The van der Waals surface area contributed by atoms with Crippen LogP contribution < -0.4 is 21.3 Å². The zero-order valence-corrected chi connectivity index (χ0v) is 40.8. The van der Waals surface area contributed by atoms with Crippen molar-refractivity contribution >= 4 is 43.5 Å². The maximum absolute atomic E-state index is 13.2. The van der Waals surface area contributed by atoms with E-state index in [1.165, 1.54) is 12.1 Å². The third-order valence-electron chi connectivity index (χ3n) is 11.7. The molecular weight excluding hydrogens is 931 g/mol. The first kappa shape index (κ1) is 53.0. The number of halogens is 6. The van der Waals surface area contributed by atoms with E-state index in [9.17, 15) is 31.4 Å². The first-order valence-electron chi connectivity index (χ1n) is 22.5. The molecule has 5 N–H and O–H groups in total. The van der Waals surface area contributed by atoms with Gasteiger partial charge in [-0.15, -0.1) is 0 Å². The molecule has 14 nitrogen and oxygen atoms in total. The number of anilines is 6. The van der Waals surface area contributed by atoms with E-state index >= 15 is 0 Å². The second kappa shape index (κ2) is 20.2. The Bertz CT molecular complexity index is 2780. The molecule has 6 aromatic rings. The second-order valence-electron chi connectivity index (χ2n) is 19.4. The van der Waals surface area contributed by atoms with E-state index in [0.717, 1.165) is 54.1 Å². The summed E-state index contributed by atoms with van der Waals surface area (Å²) in [6.45, 7) is 18.9. The molecule has 0 spiro atoms. The molecule has 0 amide bonds. The lowest BCUT2D eigenvalue weighted by molar-refractivity contribution is -0.141. The molecule has 0 aliphatic heterocycles. The van der Waals surface area contributed by atoms with E-state index in [1.54, 1.807) is 0 Å². The Morgan fingerprint density at radius 2 is 1.00 bits per heavy atom. The van der Waals surface area contributed by atoms with Gasteiger partial charge < -0.3 is 30.8 Å². The molecule has 0 atom stereocenters. The maximum atomic E-state index is 13.2. The van der Waals surface area contributed by atoms with Gasteiger partial charge in [0.15, 0.2) is 20.0 Å². The van der Waals surface area contributed by atoms with Crippen molar-refractivity contribution in [3.05, 3.63) is 108 Å². The average molecular weight is 991 g/mol. The highest BCUT2D eigenvalue weighted by atomic mass is 28.4. The molecule has 2 saturated carbocycles. The Kier molecular flexibility index (Phi) is 15.3. The fraction of sp³-hybridized carbons (Fsp3) is 0.429. The van der Waals surface area contributed by atoms with Crippen molar-refractivity contribution in [2.45, 2.75) is 135 Å². The summed E-state index contributed by atoms with van der Waals surface area (Å²) in [5, 5.41) is 22.4. The van der Waals surface area contributed by atoms with Gasteiger partial charge in [0.05, 0.1) is 11.2 Å². The highest BCUT2D eigenvalue weighted by Gasteiger charge is 2.52. The van der Waals surface area contributed by atoms with E-state index in [1.807, 2.05) is 70.2 Å². The van der Waals surface area contributed by atoms with Crippen molar-refractivity contribution in [1.82, 2.24) is 39.9 Å². The van der Waals surface area contributed by atoms with Gasteiger partial charge in [-0.25, -0.2) is 0 Å². The predicted molar refractivity (Wildman–Crippen MR) is 262 cm³/mol. The van der Waals surface area contributed by atoms with Crippen molar-refractivity contribution < 1.29 is 35.9 Å². The molecule has 4 heterocycles. The van der Waals surface area contributed by atoms with Crippen LogP contribution in [-0.4, -0.2) is 65.4 Å². The van der Waals surface area contributed by atoms with Crippen molar-refractivity contribution in [2.24, 2.45) is 0 Å². The fourth-order valence-corrected chi connectivity index (χ4v) is 8.46. The van der Waals surface area contributed by atoms with Gasteiger partial charge in [0.2, 0.25) is 23.8 Å². The van der Waals surface area contributed by atoms with Crippen LogP contribution in [0.2, 0.25) is 18.1 Å². The number of pyridine rings is 2. The summed E-state index contributed by atoms with van der Waals surface area (Å²) in [7, 11) is -2.00. The van der Waals surface area contributed by atoms with Crippen molar-refractivity contribution in [3.63, 3.8) is 0 Å². The van der Waals surface area contributed by atoms with E-state index in [-0.39, 0.29) is 59.4 Å². The summed E-state index contributed by atoms with van der Waals surface area (Å²) in [5.74, 6) is 1.55. The summed E-state index contributed by atoms with van der Waals surface area (Å²) in [6.07, 6.45) is -3.64. The molecule has 2 aromatic carbocycles. The molecule has 2 fully saturated rings. The predicted octanol–water partition coefficient (Wildman–Crippen LogP) is 12.7. The topological polar surface area (TPSA) is 181 Å². The van der Waals surface area contributed by atoms with Crippen LogP contribution in [0.25, 0.3) is 22.8 Å². The Labute approximate surface area is 405 Å². The molecular formula is C49H60F6N12O2Si. The van der Waals surface area contributed by atoms with Gasteiger partial charge in [-0.05, 0) is 119 Å². The SMILES string of the molecule is C.CC(C)Nc1nc(Nc2ccnc(C(F)(F)F)c2)nc(-c2cccc(C3(O)CC3)c2)n1.CC(C)Nc1nc(Nc2ccnc(C(F)(F)F)c2)nc(-c2cccc(C3(O[Si](C)(C)C(C)(C)C)CC3)c2)n1. The van der Waals surface area contributed by atoms with E-state index in [0.29, 0.717) is 36.0 Å². The highest BCUT2D eigenvalue weighted by Crippen LogP contribution is 2.54. The molecule has 0 unspecified atom stereocenters. The number of alkyl halides is 6. The standard InChI is InChI=1S/C27H35F3N6OSi.C21H21F3N6O.CH4/c1-17(2)32-23-34-22(35-24(36-23)33-20-11-14-31-21(16-20)27(28,29)30)18-9-8-10-19(15-18)26(12-13-26)37-38(6,7)25(3,4)5;1-12(2)26-18-28-17(13-4-3-5-14(10-13)20(31)7-8-20)29-19(30-18)27-15-6-9-25-16(11-15)21(22,23)24;/h8-11,14-17H,12-13H2,1-7H3,(H2,31,32,33,34,35,36);3-6,9-12,31H,7-8H2,1-2H3,(H2,25,26,27,28,29,30);1H4. The lowest BCUT2D eigenvalue weighted by Gasteiger charge is -2.40. The van der Waals surface area contributed by atoms with Gasteiger partial charge in [0.25, 0.3) is 0 Å². The second-order valence-corrected chi connectivity index (χ2v) is 24.1. The summed E-state index contributed by atoms with van der Waals surface area (Å²) in [4.78, 5) is 33.4. The maximum Gasteiger partial charge on any atom is 0.433 e. The van der Waals surface area contributed by atoms with E-state index in [2.05, 4.69) is 101 Å². The number of rotatable bonds is 14. The minimum absolute atomic E-state index is 0. The van der Waals surface area contributed by atoms with Crippen LogP contribution in [0.4, 0.5) is 61.5 Å². The Hall–Kier alpha value is -6.32. The van der Waals surface area contributed by atoms with Gasteiger partial charge in [-0.1, -0.05) is 64.6 Å². The molecule has 2 aliphatic rings. The zero-order chi connectivity index (χ0) is 50.2. The molecule has 8 rings (SSSR count). The summed E-state index contributed by atoms with van der Waals surface area (Å²) in [6, 6.07) is 20.0. The first-order chi connectivity index (χ1) is 32.2. The molecule has 0 radical (unpaired) electrons. The average Bonchev–Trinajstić information content (AvgIpc) is 4.20. The number of aromatic nitrogens is 8. The lowest BCUT2D eigenvalue weighted by atomic mass is 10.0. The fourth-order valence-electron chi connectivity index (χ4n) is 6.85. The minimum Gasteiger partial charge on any atom is -0.407 e. The number of aliphatic hydroxyl groups is 1. The third kappa shape index (κ3) is 13.3. The number of nitrogens with one attached hydrogen (secondary N) is 4. The largest absolute Gasteiger partial charge is 0.433 e. The smallest absolute Gasteiger partial charge is 0.407 e. The van der Waals surface area contributed by atoms with Crippen LogP contribution in [0.3, 0.4) is 0 Å². The molecule has 0 saturated heterocycles. The molecule has 2 aliphatic carbocycles. The summed E-state index contributed by atoms with van der Waals surface area (Å²) >= 11 is 0. The van der Waals surface area contributed by atoms with Crippen LogP contribution >= 0.6 is 0 Å². The van der Waals surface area contributed by atoms with Crippen molar-refractivity contribution in [1.29, 1.82) is 0 Å². The van der Waals surface area contributed by atoms with Gasteiger partial charge in [-0.3, -0.25) is 9.97 Å². The van der Waals surface area contributed by atoms with E-state index in [4.69, 9.17) is 4.43 Å². The Morgan fingerprint density at radius 1 is 0.586 bits per heavy atom. The van der Waals surface area contributed by atoms with Gasteiger partial charge in [0.1, 0.15) is 11.4 Å². The Morgan fingerprint density at radius 3 is 1.39 bits per heavy atom. The number of nitrogens with zero attached hydrogens (tertiary/aromatic N) is 8. The highest BCUT2D eigenvalue weighted by molar-refractivity contribution is 6.74. The minimum atomic E-state index is -4.56. The lowest BCUT2D eigenvalue weighted by Crippen LogP contribution is -2.44. The normalized spacial score (nSPS) is 15.1. The Balaban J connectivity index is 0.000000231. The monoisotopic (exact) mass is 990 g/mol. The van der Waals surface area contributed by atoms with Crippen LogP contribution in [0.5, 0.6) is 0 Å². The van der Waals surface area contributed by atoms with E-state index < -0.39 is 37.7 Å². The molecule has 0 bridgehead atoms. The summed E-state index contributed by atoms with van der Waals surface area (Å²) in [5.41, 5.74) is 0.491. The first-order valence-corrected chi connectivity index (χ1v) is 25.4. The van der Waals surface area contributed by atoms with Crippen LogP contribution in [-0.2, 0) is 28.0 Å². The summed E-state index contributed by atoms with van der Waals surface area (Å²) < 4.78 is 85.3. The number of hydrogen-bond donors (Lipinski definition) is 5. The van der Waals surface area contributed by atoms with Crippen LogP contribution in [0.15, 0.2) is 85.2 Å². The van der Waals surface area contributed by atoms with Gasteiger partial charge in [0, 0.05) is 47.0 Å². The number of hydrogen-bond acceptors (Lipinski definition) is 14. The van der Waals surface area contributed by atoms with Crippen molar-refractivity contribution in [3.8, 4) is 22.8 Å². The van der Waals surface area contributed by atoms with Gasteiger partial charge >= 0.3 is 12.4 Å². The zero-order valence-electron chi connectivity index (χ0n) is 39.8. The quantitative estimate of drug-likeness (QED) is 0.0514. The van der Waals surface area contributed by atoms with Crippen molar-refractivity contribution in [2.75, 3.05) is 21.3 Å². The van der Waals surface area contributed by atoms with Crippen LogP contribution in [0, 0.1) is 0 Å². The molecule has 4 aromatic heterocycles. The molecule has 21 heteroatoms. The van der Waals surface area contributed by atoms with Gasteiger partial charge in [-0.2, -0.15) is 56.2 Å². The molecule has 374 valence electrons. The third-order valence-corrected chi connectivity index (χ3v) is 16.2. The molecule has 70 heavy (non-hydrogen) atoms.